The number of carbonyl (C=O) groups is 1. The highest BCUT2D eigenvalue weighted by Crippen LogP contribution is 2.38. The Balaban J connectivity index is 2.00. The standard InChI is InChI=1S/C16H22BNO4/c1-15(2)16(3,4)22-17(21-15)12-7-5-6-11(14(18)19)13(12)20-10-8-9-10/h5-7,10H,8-9H2,1-4H3,(H2,18,19). The largest absolute Gasteiger partial charge is 0.498 e. The highest BCUT2D eigenvalue weighted by atomic mass is 16.7. The Kier molecular flexibility index (Phi) is 3.49. The van der Waals surface area contributed by atoms with E-state index in [0.29, 0.717) is 11.3 Å². The van der Waals surface area contributed by atoms with Gasteiger partial charge >= 0.3 is 7.12 Å². The Morgan fingerprint density at radius 1 is 1.23 bits per heavy atom. The van der Waals surface area contributed by atoms with Crippen LogP contribution in [-0.2, 0) is 9.31 Å². The second kappa shape index (κ2) is 5.00. The first-order valence-electron chi connectivity index (χ1n) is 7.66. The number of amides is 1. The third-order valence-corrected chi connectivity index (χ3v) is 4.63. The minimum atomic E-state index is -0.571. The third-order valence-electron chi connectivity index (χ3n) is 4.63. The number of primary amides is 1. The Morgan fingerprint density at radius 2 is 1.82 bits per heavy atom. The Hall–Kier alpha value is -1.53. The summed E-state index contributed by atoms with van der Waals surface area (Å²) >= 11 is 0. The van der Waals surface area contributed by atoms with Gasteiger partial charge in [-0.3, -0.25) is 4.79 Å². The zero-order valence-electron chi connectivity index (χ0n) is 13.5. The van der Waals surface area contributed by atoms with Gasteiger partial charge in [-0.15, -0.1) is 0 Å². The Morgan fingerprint density at radius 3 is 2.32 bits per heavy atom. The van der Waals surface area contributed by atoms with Gasteiger partial charge in [-0.2, -0.15) is 0 Å². The maximum atomic E-state index is 11.7. The summed E-state index contributed by atoms with van der Waals surface area (Å²) in [6, 6.07) is 5.32. The van der Waals surface area contributed by atoms with E-state index < -0.39 is 24.2 Å². The molecule has 22 heavy (non-hydrogen) atoms. The van der Waals surface area contributed by atoms with E-state index >= 15 is 0 Å². The van der Waals surface area contributed by atoms with E-state index in [0.717, 1.165) is 18.3 Å². The van der Waals surface area contributed by atoms with Gasteiger partial charge in [0.05, 0.1) is 22.9 Å². The summed E-state index contributed by atoms with van der Waals surface area (Å²) in [6.45, 7) is 7.97. The van der Waals surface area contributed by atoms with Crippen LogP contribution < -0.4 is 15.9 Å². The molecule has 1 aromatic carbocycles. The summed E-state index contributed by atoms with van der Waals surface area (Å²) in [5.74, 6) is -0.00924. The molecule has 2 aliphatic rings. The van der Waals surface area contributed by atoms with Gasteiger partial charge < -0.3 is 19.8 Å². The highest BCUT2D eigenvalue weighted by Gasteiger charge is 2.52. The number of nitrogens with two attached hydrogens (primary N) is 1. The molecule has 0 unspecified atom stereocenters. The van der Waals surface area contributed by atoms with Gasteiger partial charge in [0.2, 0.25) is 0 Å². The van der Waals surface area contributed by atoms with Crippen molar-refractivity contribution in [2.45, 2.75) is 57.8 Å². The molecular formula is C16H22BNO4. The summed E-state index contributed by atoms with van der Waals surface area (Å²) in [5, 5.41) is 0. The lowest BCUT2D eigenvalue weighted by atomic mass is 9.77. The van der Waals surface area contributed by atoms with Crippen LogP contribution in [0.4, 0.5) is 0 Å². The fraction of sp³-hybridized carbons (Fsp3) is 0.562. The number of rotatable bonds is 4. The van der Waals surface area contributed by atoms with E-state index in [9.17, 15) is 4.79 Å². The summed E-state index contributed by atoms with van der Waals surface area (Å²) in [7, 11) is -0.571. The lowest BCUT2D eigenvalue weighted by molar-refractivity contribution is 0.00578. The second-order valence-electron chi connectivity index (χ2n) is 6.99. The van der Waals surface area contributed by atoms with Gasteiger partial charge in [0, 0.05) is 5.46 Å². The van der Waals surface area contributed by atoms with Crippen LogP contribution in [0.1, 0.15) is 50.9 Å². The molecule has 118 valence electrons. The van der Waals surface area contributed by atoms with E-state index in [1.165, 1.54) is 0 Å². The number of hydrogen-bond donors (Lipinski definition) is 1. The first kappa shape index (κ1) is 15.4. The van der Waals surface area contributed by atoms with Crippen molar-refractivity contribution in [2.75, 3.05) is 0 Å². The maximum Gasteiger partial charge on any atom is 0.498 e. The lowest BCUT2D eigenvalue weighted by Gasteiger charge is -2.32. The summed E-state index contributed by atoms with van der Waals surface area (Å²) in [5.41, 5.74) is 5.69. The van der Waals surface area contributed by atoms with Gasteiger partial charge in [-0.1, -0.05) is 12.1 Å². The number of benzene rings is 1. The van der Waals surface area contributed by atoms with Crippen molar-refractivity contribution in [2.24, 2.45) is 5.73 Å². The molecule has 2 N–H and O–H groups in total. The van der Waals surface area contributed by atoms with E-state index in [4.69, 9.17) is 19.8 Å². The van der Waals surface area contributed by atoms with Gasteiger partial charge in [-0.25, -0.2) is 0 Å². The van der Waals surface area contributed by atoms with Crippen LogP contribution in [0.2, 0.25) is 0 Å². The van der Waals surface area contributed by atoms with E-state index in [2.05, 4.69) is 0 Å². The monoisotopic (exact) mass is 303 g/mol. The predicted octanol–water partition coefficient (Wildman–Crippen LogP) is 1.63. The molecule has 1 amide bonds. The zero-order valence-corrected chi connectivity index (χ0v) is 13.5. The van der Waals surface area contributed by atoms with Crippen molar-refractivity contribution in [3.05, 3.63) is 23.8 Å². The maximum absolute atomic E-state index is 11.7. The topological polar surface area (TPSA) is 70.8 Å². The molecule has 0 atom stereocenters. The first-order valence-corrected chi connectivity index (χ1v) is 7.66. The minimum absolute atomic E-state index is 0.154. The lowest BCUT2D eigenvalue weighted by Crippen LogP contribution is -2.41. The van der Waals surface area contributed by atoms with Crippen LogP contribution in [0.5, 0.6) is 5.75 Å². The third kappa shape index (κ3) is 2.61. The molecule has 5 nitrogen and oxygen atoms in total. The molecule has 1 aliphatic carbocycles. The molecule has 0 bridgehead atoms. The van der Waals surface area contributed by atoms with Crippen molar-refractivity contribution in [1.82, 2.24) is 0 Å². The Bertz CT molecular complexity index is 594. The molecule has 0 radical (unpaired) electrons. The van der Waals surface area contributed by atoms with Crippen molar-refractivity contribution >= 4 is 18.5 Å². The number of ether oxygens (including phenoxy) is 1. The van der Waals surface area contributed by atoms with Crippen LogP contribution in [0.15, 0.2) is 18.2 Å². The first-order chi connectivity index (χ1) is 10.2. The van der Waals surface area contributed by atoms with Gasteiger partial charge in [-0.05, 0) is 46.6 Å². The van der Waals surface area contributed by atoms with Crippen molar-refractivity contribution in [3.8, 4) is 5.75 Å². The quantitative estimate of drug-likeness (QED) is 0.858. The second-order valence-corrected chi connectivity index (χ2v) is 6.99. The fourth-order valence-corrected chi connectivity index (χ4v) is 2.39. The minimum Gasteiger partial charge on any atom is -0.490 e. The molecule has 2 fully saturated rings. The van der Waals surface area contributed by atoms with Gasteiger partial charge in [0.1, 0.15) is 5.75 Å². The van der Waals surface area contributed by atoms with Crippen molar-refractivity contribution < 1.29 is 18.8 Å². The fourth-order valence-electron chi connectivity index (χ4n) is 2.39. The van der Waals surface area contributed by atoms with Gasteiger partial charge in [0.15, 0.2) is 0 Å². The molecule has 0 spiro atoms. The molecule has 1 aliphatic heterocycles. The van der Waals surface area contributed by atoms with Crippen molar-refractivity contribution in [3.63, 3.8) is 0 Å². The smallest absolute Gasteiger partial charge is 0.490 e. The highest BCUT2D eigenvalue weighted by molar-refractivity contribution is 6.63. The van der Waals surface area contributed by atoms with E-state index in [-0.39, 0.29) is 6.10 Å². The number of hydrogen-bond acceptors (Lipinski definition) is 4. The molecule has 1 heterocycles. The molecular weight excluding hydrogens is 281 g/mol. The van der Waals surface area contributed by atoms with E-state index in [1.807, 2.05) is 33.8 Å². The Labute approximate surface area is 131 Å². The molecule has 1 saturated carbocycles. The molecule has 1 saturated heterocycles. The molecule has 0 aromatic heterocycles. The molecule has 6 heteroatoms. The van der Waals surface area contributed by atoms with Crippen LogP contribution in [0.3, 0.4) is 0 Å². The summed E-state index contributed by atoms with van der Waals surface area (Å²) in [4.78, 5) is 11.7. The number of carbonyl (C=O) groups excluding carboxylic acids is 1. The molecule has 3 rings (SSSR count). The predicted molar refractivity (Wildman–Crippen MR) is 84.3 cm³/mol. The van der Waals surface area contributed by atoms with E-state index in [1.54, 1.807) is 12.1 Å². The number of para-hydroxylation sites is 1. The van der Waals surface area contributed by atoms with Crippen LogP contribution in [-0.4, -0.2) is 30.3 Å². The van der Waals surface area contributed by atoms with Crippen molar-refractivity contribution in [1.29, 1.82) is 0 Å². The summed E-state index contributed by atoms with van der Waals surface area (Å²) in [6.07, 6.45) is 2.15. The zero-order chi connectivity index (χ0) is 16.1. The van der Waals surface area contributed by atoms with Gasteiger partial charge in [0.25, 0.3) is 5.91 Å². The normalized spacial score (nSPS) is 22.6. The van der Waals surface area contributed by atoms with Crippen LogP contribution in [0, 0.1) is 0 Å². The SMILES string of the molecule is CC1(C)OB(c2cccc(C(N)=O)c2OC2CC2)OC1(C)C. The average molecular weight is 303 g/mol. The summed E-state index contributed by atoms with van der Waals surface area (Å²) < 4.78 is 18.1. The molecule has 1 aromatic rings. The van der Waals surface area contributed by atoms with Crippen LogP contribution in [0.25, 0.3) is 0 Å². The van der Waals surface area contributed by atoms with Crippen LogP contribution >= 0.6 is 0 Å². The average Bonchev–Trinajstić information content (AvgIpc) is 3.17.